The van der Waals surface area contributed by atoms with Gasteiger partial charge in [-0.3, -0.25) is 0 Å². The van der Waals surface area contributed by atoms with E-state index in [-0.39, 0.29) is 0 Å². The summed E-state index contributed by atoms with van der Waals surface area (Å²) in [5, 5.41) is 0. The van der Waals surface area contributed by atoms with Crippen molar-refractivity contribution in [1.29, 1.82) is 0 Å². The monoisotopic (exact) mass is 403 g/mol. The molecule has 1 aromatic rings. The smallest absolute Gasteiger partial charge is 0.211 e. The second kappa shape index (κ2) is 5.60. The van der Waals surface area contributed by atoms with Crippen molar-refractivity contribution in [3.63, 3.8) is 0 Å². The van der Waals surface area contributed by atoms with E-state index in [1.165, 1.54) is 0 Å². The number of nitrogens with one attached hydrogen (secondary N) is 1. The molecule has 0 aliphatic rings. The third-order valence-corrected chi connectivity index (χ3v) is 5.54. The maximum absolute atomic E-state index is 11.7. The molecule has 0 aliphatic heterocycles. The lowest BCUT2D eigenvalue weighted by Crippen LogP contribution is -2.24. The van der Waals surface area contributed by atoms with Crippen molar-refractivity contribution in [2.45, 2.75) is 18.2 Å². The molecule has 0 spiro atoms. The van der Waals surface area contributed by atoms with Crippen LogP contribution in [-0.2, 0) is 10.0 Å². The molecule has 3 nitrogen and oxygen atoms in total. The van der Waals surface area contributed by atoms with Crippen molar-refractivity contribution in [2.75, 3.05) is 6.54 Å². The Hall–Kier alpha value is 0.340. The minimum absolute atomic E-state index is 0.295. The predicted molar refractivity (Wildman–Crippen MR) is 72.3 cm³/mol. The molecule has 0 atom stereocenters. The van der Waals surface area contributed by atoms with E-state index in [0.29, 0.717) is 11.4 Å². The molecule has 0 bridgehead atoms. The van der Waals surface area contributed by atoms with Gasteiger partial charge in [0, 0.05) is 14.6 Å². The van der Waals surface area contributed by atoms with Crippen LogP contribution in [0.3, 0.4) is 0 Å². The summed E-state index contributed by atoms with van der Waals surface area (Å²) in [5.41, 5.74) is 0. The first-order valence-electron chi connectivity index (χ1n) is 4.42. The van der Waals surface area contributed by atoms with Crippen molar-refractivity contribution in [3.05, 3.63) is 26.2 Å². The Morgan fingerprint density at radius 2 is 2.13 bits per heavy atom. The molecule has 84 valence electrons. The normalized spacial score (nSPS) is 11.7. The topological polar surface area (TPSA) is 46.2 Å². The molecule has 0 aliphatic carbocycles. The van der Waals surface area contributed by atoms with Gasteiger partial charge in [0.1, 0.15) is 0 Å². The van der Waals surface area contributed by atoms with E-state index in [1.54, 1.807) is 18.2 Å². The average molecular weight is 404 g/mol. The Kier molecular flexibility index (Phi) is 5.01. The zero-order valence-electron chi connectivity index (χ0n) is 8.13. The largest absolute Gasteiger partial charge is 0.240 e. The molecule has 0 amide bonds. The van der Waals surface area contributed by atoms with Gasteiger partial charge in [-0.1, -0.05) is 6.92 Å². The van der Waals surface area contributed by atoms with E-state index >= 15 is 0 Å². The van der Waals surface area contributed by atoms with Crippen LogP contribution >= 0.6 is 38.5 Å². The molecule has 1 N–H and O–H groups in total. The summed E-state index contributed by atoms with van der Waals surface area (Å²) in [4.78, 5) is 0.295. The molecule has 1 aromatic carbocycles. The summed E-state index contributed by atoms with van der Waals surface area (Å²) < 4.78 is 27.7. The van der Waals surface area contributed by atoms with E-state index < -0.39 is 10.0 Å². The van der Waals surface area contributed by atoms with Crippen LogP contribution in [0.2, 0.25) is 0 Å². The number of halogens is 2. The third kappa shape index (κ3) is 3.69. The maximum Gasteiger partial charge on any atom is 0.240 e. The highest BCUT2D eigenvalue weighted by atomic mass is 127. The summed E-state index contributed by atoms with van der Waals surface area (Å²) in [5.74, 6) is 0. The van der Waals surface area contributed by atoms with Gasteiger partial charge < -0.3 is 0 Å². The molecule has 0 saturated heterocycles. The minimum Gasteiger partial charge on any atom is -0.211 e. The first-order valence-corrected chi connectivity index (χ1v) is 7.77. The molecular weight excluding hydrogens is 393 g/mol. The van der Waals surface area contributed by atoms with Gasteiger partial charge in [-0.2, -0.15) is 0 Å². The highest BCUT2D eigenvalue weighted by molar-refractivity contribution is 14.1. The van der Waals surface area contributed by atoms with Crippen LogP contribution in [0.4, 0.5) is 0 Å². The Bertz CT molecular complexity index is 447. The first kappa shape index (κ1) is 13.4. The van der Waals surface area contributed by atoms with E-state index in [9.17, 15) is 8.42 Å². The molecule has 6 heteroatoms. The lowest BCUT2D eigenvalue weighted by Gasteiger charge is -2.06. The van der Waals surface area contributed by atoms with Crippen molar-refractivity contribution >= 4 is 48.5 Å². The molecule has 0 heterocycles. The van der Waals surface area contributed by atoms with Crippen molar-refractivity contribution < 1.29 is 8.42 Å². The molecule has 0 saturated carbocycles. The highest BCUT2D eigenvalue weighted by Crippen LogP contribution is 2.22. The van der Waals surface area contributed by atoms with Crippen molar-refractivity contribution in [1.82, 2.24) is 4.72 Å². The van der Waals surface area contributed by atoms with Crippen LogP contribution in [0.5, 0.6) is 0 Å². The zero-order valence-corrected chi connectivity index (χ0v) is 12.7. The summed E-state index contributed by atoms with van der Waals surface area (Å²) in [6, 6.07) is 4.98. The fourth-order valence-corrected chi connectivity index (χ4v) is 2.99. The number of rotatable bonds is 4. The lowest BCUT2D eigenvalue weighted by molar-refractivity contribution is 0.580. The zero-order chi connectivity index (χ0) is 11.5. The summed E-state index contributed by atoms with van der Waals surface area (Å²) in [7, 11) is -3.35. The fraction of sp³-hybridized carbons (Fsp3) is 0.333. The van der Waals surface area contributed by atoms with E-state index in [2.05, 4.69) is 43.2 Å². The predicted octanol–water partition coefficient (Wildman–Crippen LogP) is 2.74. The van der Waals surface area contributed by atoms with Gasteiger partial charge >= 0.3 is 0 Å². The minimum atomic E-state index is -3.35. The molecular formula is C9H11BrINO2S. The van der Waals surface area contributed by atoms with Gasteiger partial charge in [0.25, 0.3) is 0 Å². The van der Waals surface area contributed by atoms with E-state index in [0.717, 1.165) is 14.5 Å². The Morgan fingerprint density at radius 3 is 2.67 bits per heavy atom. The average Bonchev–Trinajstić information content (AvgIpc) is 2.19. The highest BCUT2D eigenvalue weighted by Gasteiger charge is 2.13. The number of sulfonamides is 1. The van der Waals surface area contributed by atoms with Gasteiger partial charge in [-0.05, 0) is 63.1 Å². The number of benzene rings is 1. The molecule has 0 radical (unpaired) electrons. The summed E-state index contributed by atoms with van der Waals surface area (Å²) >= 11 is 5.44. The van der Waals surface area contributed by atoms with Crippen molar-refractivity contribution in [2.24, 2.45) is 0 Å². The Morgan fingerprint density at radius 1 is 1.47 bits per heavy atom. The van der Waals surface area contributed by atoms with Gasteiger partial charge in [0.15, 0.2) is 0 Å². The van der Waals surface area contributed by atoms with Crippen LogP contribution in [0.1, 0.15) is 13.3 Å². The van der Waals surface area contributed by atoms with E-state index in [1.807, 2.05) is 6.92 Å². The van der Waals surface area contributed by atoms with E-state index in [4.69, 9.17) is 0 Å². The maximum atomic E-state index is 11.7. The molecule has 1 rings (SSSR count). The SMILES string of the molecule is CCCNS(=O)(=O)c1ccc(I)c(Br)c1. The second-order valence-corrected chi connectivity index (χ2v) is 6.76. The van der Waals surface area contributed by atoms with Crippen molar-refractivity contribution in [3.8, 4) is 0 Å². The van der Waals surface area contributed by atoms with Crippen LogP contribution in [-0.4, -0.2) is 15.0 Å². The Labute approximate surface area is 112 Å². The number of hydrogen-bond donors (Lipinski definition) is 1. The van der Waals surface area contributed by atoms with Gasteiger partial charge in [0.2, 0.25) is 10.0 Å². The lowest BCUT2D eigenvalue weighted by atomic mass is 10.4. The second-order valence-electron chi connectivity index (χ2n) is 2.97. The Balaban J connectivity index is 3.00. The first-order chi connectivity index (χ1) is 6.97. The third-order valence-electron chi connectivity index (χ3n) is 1.74. The summed E-state index contributed by atoms with van der Waals surface area (Å²) in [6.45, 7) is 2.39. The van der Waals surface area contributed by atoms with Crippen LogP contribution in [0, 0.1) is 3.57 Å². The fourth-order valence-electron chi connectivity index (χ4n) is 0.964. The van der Waals surface area contributed by atoms with Crippen LogP contribution in [0.15, 0.2) is 27.6 Å². The summed E-state index contributed by atoms with van der Waals surface area (Å²) in [6.07, 6.45) is 0.783. The number of hydrogen-bond acceptors (Lipinski definition) is 2. The van der Waals surface area contributed by atoms with Gasteiger partial charge in [-0.15, -0.1) is 0 Å². The van der Waals surface area contributed by atoms with Crippen LogP contribution < -0.4 is 4.72 Å². The molecule has 15 heavy (non-hydrogen) atoms. The van der Waals surface area contributed by atoms with Gasteiger partial charge in [-0.25, -0.2) is 13.1 Å². The quantitative estimate of drug-likeness (QED) is 0.785. The molecule has 0 unspecified atom stereocenters. The molecule has 0 fully saturated rings. The standard InChI is InChI=1S/C9H11BrINO2S/c1-2-5-12-15(13,14)7-3-4-9(11)8(10)6-7/h3-4,6,12H,2,5H2,1H3. The van der Waals surface area contributed by atoms with Gasteiger partial charge in [0.05, 0.1) is 4.90 Å². The van der Waals surface area contributed by atoms with Crippen LogP contribution in [0.25, 0.3) is 0 Å². The molecule has 0 aromatic heterocycles.